The van der Waals surface area contributed by atoms with Crippen LogP contribution in [0.15, 0.2) is 29.6 Å². The van der Waals surface area contributed by atoms with Crippen molar-refractivity contribution >= 4 is 51.8 Å². The van der Waals surface area contributed by atoms with Gasteiger partial charge in [0.1, 0.15) is 0 Å². The molecule has 188 valence electrons. The van der Waals surface area contributed by atoms with E-state index in [1.165, 1.54) is 11.3 Å². The molecule has 0 atom stereocenters. The van der Waals surface area contributed by atoms with Crippen LogP contribution in [0.1, 0.15) is 12.6 Å². The van der Waals surface area contributed by atoms with Crippen LogP contribution >= 0.6 is 22.9 Å². The fourth-order valence-corrected chi connectivity index (χ4v) is 5.05. The van der Waals surface area contributed by atoms with E-state index in [1.54, 1.807) is 22.1 Å². The Hall–Kier alpha value is -3.05. The largest absolute Gasteiger partial charge is 0.450 e. The molecule has 2 fully saturated rings. The zero-order valence-electron chi connectivity index (χ0n) is 19.6. The van der Waals surface area contributed by atoms with Gasteiger partial charge in [0.25, 0.3) is 0 Å². The number of thiazole rings is 1. The van der Waals surface area contributed by atoms with Gasteiger partial charge < -0.3 is 24.3 Å². The van der Waals surface area contributed by atoms with Crippen LogP contribution in [-0.2, 0) is 16.0 Å². The summed E-state index contributed by atoms with van der Waals surface area (Å²) in [5.74, 6) is 0.0158. The molecule has 0 aliphatic carbocycles. The molecule has 4 amide bonds. The minimum atomic E-state index is -0.355. The molecule has 2 aliphatic rings. The second-order valence-electron chi connectivity index (χ2n) is 8.24. The van der Waals surface area contributed by atoms with Crippen LogP contribution < -0.4 is 10.2 Å². The van der Waals surface area contributed by atoms with Gasteiger partial charge in [-0.2, -0.15) is 0 Å². The summed E-state index contributed by atoms with van der Waals surface area (Å²) in [6.07, 6.45) is -0.163. The van der Waals surface area contributed by atoms with Crippen LogP contribution in [0, 0.1) is 0 Å². The number of nitrogens with zero attached hydrogens (tertiary/aromatic N) is 5. The van der Waals surface area contributed by atoms with E-state index in [2.05, 4.69) is 15.2 Å². The lowest BCUT2D eigenvalue weighted by Crippen LogP contribution is -2.51. The summed E-state index contributed by atoms with van der Waals surface area (Å²) in [5.41, 5.74) is 1.62. The number of anilines is 2. The standard InChI is InChI=1S/C23H29ClN6O4S/c1-2-34-23(33)30-13-11-29(12-14-30)22(32)26-21-25-17(16-35-21)15-20(31)28-9-7-27(8-10-28)19-6-4-3-5-18(19)24/h3-6,16H,2,7-15H2,1H3,(H,25,26,32). The first-order valence-electron chi connectivity index (χ1n) is 11.6. The number of rotatable bonds is 5. The van der Waals surface area contributed by atoms with Gasteiger partial charge in [-0.1, -0.05) is 23.7 Å². The number of benzene rings is 1. The number of carbonyl (C=O) groups is 3. The zero-order valence-corrected chi connectivity index (χ0v) is 21.2. The highest BCUT2D eigenvalue weighted by molar-refractivity contribution is 7.13. The lowest BCUT2D eigenvalue weighted by atomic mass is 10.2. The molecule has 2 saturated heterocycles. The minimum Gasteiger partial charge on any atom is -0.450 e. The molecule has 12 heteroatoms. The van der Waals surface area contributed by atoms with Crippen molar-refractivity contribution in [3.63, 3.8) is 0 Å². The van der Waals surface area contributed by atoms with E-state index in [0.29, 0.717) is 61.7 Å². The highest BCUT2D eigenvalue weighted by Crippen LogP contribution is 2.26. The Kier molecular flexibility index (Phi) is 8.29. The molecular formula is C23H29ClN6O4S. The van der Waals surface area contributed by atoms with Gasteiger partial charge in [-0.25, -0.2) is 14.6 Å². The predicted molar refractivity (Wildman–Crippen MR) is 135 cm³/mol. The average Bonchev–Trinajstić information content (AvgIpc) is 3.31. The Morgan fingerprint density at radius 3 is 2.34 bits per heavy atom. The van der Waals surface area contributed by atoms with Crippen LogP contribution in [0.2, 0.25) is 5.02 Å². The second kappa shape index (κ2) is 11.6. The second-order valence-corrected chi connectivity index (χ2v) is 9.51. The van der Waals surface area contributed by atoms with Gasteiger partial charge in [0.15, 0.2) is 5.13 Å². The van der Waals surface area contributed by atoms with Gasteiger partial charge in [0.2, 0.25) is 5.91 Å². The molecule has 35 heavy (non-hydrogen) atoms. The SMILES string of the molecule is CCOC(=O)N1CCN(C(=O)Nc2nc(CC(=O)N3CCN(c4ccccc4Cl)CC3)cs2)CC1. The van der Waals surface area contributed by atoms with Crippen LogP contribution in [-0.4, -0.2) is 96.7 Å². The quantitative estimate of drug-likeness (QED) is 0.651. The summed E-state index contributed by atoms with van der Waals surface area (Å²) in [7, 11) is 0. The van der Waals surface area contributed by atoms with E-state index >= 15 is 0 Å². The highest BCUT2D eigenvalue weighted by atomic mass is 35.5. The van der Waals surface area contributed by atoms with Crippen LogP contribution in [0.5, 0.6) is 0 Å². The van der Waals surface area contributed by atoms with Crippen molar-refractivity contribution in [2.24, 2.45) is 0 Å². The van der Waals surface area contributed by atoms with Gasteiger partial charge >= 0.3 is 12.1 Å². The van der Waals surface area contributed by atoms with Crippen molar-refractivity contribution in [3.05, 3.63) is 40.4 Å². The van der Waals surface area contributed by atoms with Gasteiger partial charge in [-0.15, -0.1) is 11.3 Å². The summed E-state index contributed by atoms with van der Waals surface area (Å²) in [4.78, 5) is 48.9. The number of halogens is 1. The first-order chi connectivity index (χ1) is 16.9. The van der Waals surface area contributed by atoms with Crippen molar-refractivity contribution < 1.29 is 19.1 Å². The number of nitrogens with one attached hydrogen (secondary N) is 1. The zero-order chi connectivity index (χ0) is 24.8. The minimum absolute atomic E-state index is 0.0158. The Morgan fingerprint density at radius 2 is 1.66 bits per heavy atom. The Morgan fingerprint density at radius 1 is 1.00 bits per heavy atom. The number of hydrogen-bond acceptors (Lipinski definition) is 7. The molecule has 0 saturated carbocycles. The van der Waals surface area contributed by atoms with Crippen molar-refractivity contribution in [2.45, 2.75) is 13.3 Å². The Bertz CT molecular complexity index is 1050. The Labute approximate surface area is 213 Å². The van der Waals surface area contributed by atoms with Gasteiger partial charge in [0.05, 0.1) is 29.4 Å². The lowest BCUT2D eigenvalue weighted by Gasteiger charge is -2.36. The fraction of sp³-hybridized carbons (Fsp3) is 0.478. The molecule has 0 unspecified atom stereocenters. The molecule has 1 N–H and O–H groups in total. The molecule has 0 spiro atoms. The normalized spacial score (nSPS) is 16.3. The first kappa shape index (κ1) is 25.1. The summed E-state index contributed by atoms with van der Waals surface area (Å²) in [6.45, 7) is 6.46. The first-order valence-corrected chi connectivity index (χ1v) is 12.9. The molecule has 1 aromatic heterocycles. The molecule has 2 aromatic rings. The fourth-order valence-electron chi connectivity index (χ4n) is 4.09. The van der Waals surface area contributed by atoms with E-state index in [4.69, 9.17) is 16.3 Å². The van der Waals surface area contributed by atoms with Crippen molar-refractivity contribution in [1.29, 1.82) is 0 Å². The monoisotopic (exact) mass is 520 g/mol. The predicted octanol–water partition coefficient (Wildman–Crippen LogP) is 2.99. The van der Waals surface area contributed by atoms with E-state index in [1.807, 2.05) is 29.2 Å². The molecule has 0 bridgehead atoms. The number of carbonyl (C=O) groups excluding carboxylic acids is 3. The van der Waals surface area contributed by atoms with Gasteiger partial charge in [0, 0.05) is 57.7 Å². The summed E-state index contributed by atoms with van der Waals surface area (Å²) >= 11 is 7.59. The third kappa shape index (κ3) is 6.34. The summed E-state index contributed by atoms with van der Waals surface area (Å²) in [5, 5.41) is 5.76. The number of piperazine rings is 2. The van der Waals surface area contributed by atoms with E-state index in [9.17, 15) is 14.4 Å². The summed E-state index contributed by atoms with van der Waals surface area (Å²) in [6, 6.07) is 7.46. The molecule has 0 radical (unpaired) electrons. The van der Waals surface area contributed by atoms with Crippen LogP contribution in [0.4, 0.5) is 20.4 Å². The molecule has 2 aliphatic heterocycles. The molecule has 4 rings (SSSR count). The number of ether oxygens (including phenoxy) is 1. The maximum Gasteiger partial charge on any atom is 0.409 e. The molecule has 1 aromatic carbocycles. The molecule has 10 nitrogen and oxygen atoms in total. The third-order valence-electron chi connectivity index (χ3n) is 6.02. The van der Waals surface area contributed by atoms with E-state index in [0.717, 1.165) is 18.8 Å². The van der Waals surface area contributed by atoms with Crippen LogP contribution in [0.25, 0.3) is 0 Å². The van der Waals surface area contributed by atoms with E-state index in [-0.39, 0.29) is 24.5 Å². The molecular weight excluding hydrogens is 492 g/mol. The number of amides is 4. The van der Waals surface area contributed by atoms with Gasteiger partial charge in [-0.3, -0.25) is 10.1 Å². The number of hydrogen-bond donors (Lipinski definition) is 1. The van der Waals surface area contributed by atoms with Crippen molar-refractivity contribution in [3.8, 4) is 0 Å². The maximum absolute atomic E-state index is 12.8. The molecule has 3 heterocycles. The number of urea groups is 1. The van der Waals surface area contributed by atoms with E-state index < -0.39 is 0 Å². The number of para-hydroxylation sites is 1. The van der Waals surface area contributed by atoms with Crippen molar-refractivity contribution in [2.75, 3.05) is 69.2 Å². The van der Waals surface area contributed by atoms with Gasteiger partial charge in [-0.05, 0) is 19.1 Å². The lowest BCUT2D eigenvalue weighted by molar-refractivity contribution is -0.130. The third-order valence-corrected chi connectivity index (χ3v) is 7.14. The highest BCUT2D eigenvalue weighted by Gasteiger charge is 2.26. The Balaban J connectivity index is 1.22. The summed E-state index contributed by atoms with van der Waals surface area (Å²) < 4.78 is 5.00. The maximum atomic E-state index is 12.8. The van der Waals surface area contributed by atoms with Crippen molar-refractivity contribution in [1.82, 2.24) is 19.7 Å². The number of aromatic nitrogens is 1. The average molecular weight is 521 g/mol. The topological polar surface area (TPSA) is 98.3 Å². The smallest absolute Gasteiger partial charge is 0.409 e. The van der Waals surface area contributed by atoms with Crippen LogP contribution in [0.3, 0.4) is 0 Å².